The summed E-state index contributed by atoms with van der Waals surface area (Å²) < 4.78 is 0. The molecule has 6 aromatic carbocycles. The summed E-state index contributed by atoms with van der Waals surface area (Å²) in [6.45, 7) is 2.10. The molecule has 1 nitrogen and oxygen atoms in total. The molecular weight excluding hydrogens is 422 g/mol. The lowest BCUT2D eigenvalue weighted by molar-refractivity contribution is 1.29. The lowest BCUT2D eigenvalue weighted by atomic mass is 9.93. The molecule has 6 rings (SSSR count). The fraction of sp³-hybridized carbons (Fsp3) is 0.0588. The van der Waals surface area contributed by atoms with E-state index < -0.39 is 0 Å². The Labute approximate surface area is 206 Å². The molecule has 0 amide bonds. The van der Waals surface area contributed by atoms with Crippen LogP contribution >= 0.6 is 0 Å². The Morgan fingerprint density at radius 2 is 1.20 bits per heavy atom. The van der Waals surface area contributed by atoms with Crippen molar-refractivity contribution in [3.05, 3.63) is 132 Å². The van der Waals surface area contributed by atoms with Gasteiger partial charge < -0.3 is 5.73 Å². The number of anilines is 1. The van der Waals surface area contributed by atoms with Gasteiger partial charge in [-0.3, -0.25) is 0 Å². The average Bonchev–Trinajstić information content (AvgIpc) is 2.90. The maximum Gasteiger partial charge on any atom is 0.0467 e. The first-order valence-electron chi connectivity index (χ1n) is 12.1. The Bertz CT molecular complexity index is 1690. The molecule has 0 radical (unpaired) electrons. The normalized spacial score (nSPS) is 11.7. The van der Waals surface area contributed by atoms with Crippen LogP contribution in [0.25, 0.3) is 49.5 Å². The van der Waals surface area contributed by atoms with Gasteiger partial charge in [-0.25, -0.2) is 0 Å². The van der Waals surface area contributed by atoms with Crippen LogP contribution in [0.2, 0.25) is 0 Å². The Balaban J connectivity index is 1.35. The molecular formula is C34H27N. The molecule has 0 fully saturated rings. The predicted octanol–water partition coefficient (Wildman–Crippen LogP) is 8.96. The van der Waals surface area contributed by atoms with Crippen molar-refractivity contribution in [2.24, 2.45) is 0 Å². The van der Waals surface area contributed by atoms with Crippen molar-refractivity contribution in [2.75, 3.05) is 5.73 Å². The molecule has 0 aliphatic heterocycles. The molecule has 0 saturated heterocycles. The van der Waals surface area contributed by atoms with E-state index in [4.69, 9.17) is 5.73 Å². The molecule has 1 heteroatoms. The zero-order valence-corrected chi connectivity index (χ0v) is 19.8. The third-order valence-electron chi connectivity index (χ3n) is 6.96. The second-order valence-corrected chi connectivity index (χ2v) is 9.25. The fourth-order valence-corrected chi connectivity index (χ4v) is 5.12. The highest BCUT2D eigenvalue weighted by Crippen LogP contribution is 2.35. The summed E-state index contributed by atoms with van der Waals surface area (Å²) in [5, 5.41) is 7.86. The van der Waals surface area contributed by atoms with Crippen LogP contribution in [0.4, 0.5) is 5.69 Å². The van der Waals surface area contributed by atoms with Crippen molar-refractivity contribution in [1.29, 1.82) is 0 Å². The third kappa shape index (κ3) is 3.86. The van der Waals surface area contributed by atoms with E-state index in [1.54, 1.807) is 0 Å². The lowest BCUT2D eigenvalue weighted by Crippen LogP contribution is -1.94. The first-order chi connectivity index (χ1) is 17.2. The van der Waals surface area contributed by atoms with Gasteiger partial charge >= 0.3 is 0 Å². The second kappa shape index (κ2) is 8.77. The summed E-state index contributed by atoms with van der Waals surface area (Å²) in [4.78, 5) is 0. The molecule has 168 valence electrons. The van der Waals surface area contributed by atoms with Crippen molar-refractivity contribution in [1.82, 2.24) is 0 Å². The minimum absolute atomic E-state index is 0.823. The Hall–Kier alpha value is -4.36. The molecule has 0 saturated carbocycles. The van der Waals surface area contributed by atoms with Crippen LogP contribution in [0.15, 0.2) is 115 Å². The number of rotatable bonds is 4. The Morgan fingerprint density at radius 3 is 1.86 bits per heavy atom. The minimum Gasteiger partial charge on any atom is -0.398 e. The van der Waals surface area contributed by atoms with Crippen LogP contribution in [0.5, 0.6) is 0 Å². The summed E-state index contributed by atoms with van der Waals surface area (Å²) in [7, 11) is 0. The molecule has 2 N–H and O–H groups in total. The SMILES string of the molecule is Cc1ccc(-c2cccc(/C=C\Cc3ccc4c5ccccc5c5ccccc5c4c3)c2N)cc1. The minimum atomic E-state index is 0.823. The van der Waals surface area contributed by atoms with Gasteiger partial charge in [-0.2, -0.15) is 0 Å². The largest absolute Gasteiger partial charge is 0.398 e. The van der Waals surface area contributed by atoms with Crippen LogP contribution in [0, 0.1) is 6.92 Å². The maximum atomic E-state index is 6.57. The molecule has 35 heavy (non-hydrogen) atoms. The summed E-state index contributed by atoms with van der Waals surface area (Å²) in [6.07, 6.45) is 5.22. The molecule has 0 bridgehead atoms. The lowest BCUT2D eigenvalue weighted by Gasteiger charge is -2.11. The van der Waals surface area contributed by atoms with Gasteiger partial charge in [0.25, 0.3) is 0 Å². The average molecular weight is 450 g/mol. The first-order valence-corrected chi connectivity index (χ1v) is 12.1. The summed E-state index contributed by atoms with van der Waals surface area (Å²) in [6, 6.07) is 39.1. The van der Waals surface area contributed by atoms with E-state index in [9.17, 15) is 0 Å². The first kappa shape index (κ1) is 21.2. The van der Waals surface area contributed by atoms with Crippen molar-refractivity contribution >= 4 is 44.1 Å². The predicted molar refractivity (Wildman–Crippen MR) is 153 cm³/mol. The summed E-state index contributed by atoms with van der Waals surface area (Å²) in [5.74, 6) is 0. The zero-order valence-electron chi connectivity index (χ0n) is 19.8. The topological polar surface area (TPSA) is 26.0 Å². The smallest absolute Gasteiger partial charge is 0.0467 e. The maximum absolute atomic E-state index is 6.57. The number of hydrogen-bond donors (Lipinski definition) is 1. The highest BCUT2D eigenvalue weighted by molar-refractivity contribution is 6.25. The van der Waals surface area contributed by atoms with Gasteiger partial charge in [-0.05, 0) is 62.4 Å². The van der Waals surface area contributed by atoms with Gasteiger partial charge in [0.05, 0.1) is 0 Å². The Kier molecular flexibility index (Phi) is 5.31. The number of aryl methyl sites for hydroxylation is 1. The van der Waals surface area contributed by atoms with Crippen LogP contribution in [0.3, 0.4) is 0 Å². The highest BCUT2D eigenvalue weighted by atomic mass is 14.6. The van der Waals surface area contributed by atoms with Crippen LogP contribution in [-0.2, 0) is 6.42 Å². The van der Waals surface area contributed by atoms with Gasteiger partial charge in [0, 0.05) is 11.3 Å². The zero-order chi connectivity index (χ0) is 23.8. The fourth-order valence-electron chi connectivity index (χ4n) is 5.12. The number of allylic oxidation sites excluding steroid dienone is 1. The number of para-hydroxylation sites is 1. The number of fused-ring (bicyclic) bond motifs is 6. The highest BCUT2D eigenvalue weighted by Gasteiger charge is 2.09. The van der Waals surface area contributed by atoms with E-state index in [-0.39, 0.29) is 0 Å². The van der Waals surface area contributed by atoms with E-state index in [0.29, 0.717) is 0 Å². The van der Waals surface area contributed by atoms with Crippen molar-refractivity contribution < 1.29 is 0 Å². The summed E-state index contributed by atoms with van der Waals surface area (Å²) >= 11 is 0. The van der Waals surface area contributed by atoms with E-state index >= 15 is 0 Å². The molecule has 0 atom stereocenters. The molecule has 6 aromatic rings. The second-order valence-electron chi connectivity index (χ2n) is 9.25. The summed E-state index contributed by atoms with van der Waals surface area (Å²) in [5.41, 5.74) is 13.2. The molecule has 0 heterocycles. The Morgan fingerprint density at radius 1 is 0.600 bits per heavy atom. The molecule has 0 unspecified atom stereocenters. The van der Waals surface area contributed by atoms with Crippen LogP contribution < -0.4 is 5.73 Å². The number of nitrogen functional groups attached to an aromatic ring is 1. The van der Waals surface area contributed by atoms with Gasteiger partial charge in [-0.15, -0.1) is 0 Å². The van der Waals surface area contributed by atoms with Crippen molar-refractivity contribution in [3.8, 4) is 11.1 Å². The molecule has 0 spiro atoms. The van der Waals surface area contributed by atoms with Crippen molar-refractivity contribution in [2.45, 2.75) is 13.3 Å². The van der Waals surface area contributed by atoms with E-state index in [0.717, 1.165) is 28.8 Å². The number of benzene rings is 6. The van der Waals surface area contributed by atoms with E-state index in [1.165, 1.54) is 43.4 Å². The number of nitrogens with two attached hydrogens (primary N) is 1. The third-order valence-corrected chi connectivity index (χ3v) is 6.96. The van der Waals surface area contributed by atoms with Gasteiger partial charge in [0.1, 0.15) is 0 Å². The van der Waals surface area contributed by atoms with E-state index in [2.05, 4.69) is 128 Å². The van der Waals surface area contributed by atoms with Crippen LogP contribution in [0.1, 0.15) is 16.7 Å². The van der Waals surface area contributed by atoms with Crippen molar-refractivity contribution in [3.63, 3.8) is 0 Å². The van der Waals surface area contributed by atoms with Gasteiger partial charge in [0.15, 0.2) is 0 Å². The van der Waals surface area contributed by atoms with Crippen LogP contribution in [-0.4, -0.2) is 0 Å². The molecule has 0 aromatic heterocycles. The molecule has 0 aliphatic rings. The molecule has 0 aliphatic carbocycles. The quantitative estimate of drug-likeness (QED) is 0.211. The standard InChI is InChI=1S/C34H27N/c1-23-16-19-25(20-17-23)27-15-7-10-26(34(27)35)9-6-8-24-18-21-32-30-13-3-2-11-28(30)29-12-4-5-14-31(29)33(32)22-24/h2-7,9-22H,8,35H2,1H3/b9-6-. The van der Waals surface area contributed by atoms with Gasteiger partial charge in [-0.1, -0.05) is 127 Å². The monoisotopic (exact) mass is 449 g/mol. The van der Waals surface area contributed by atoms with E-state index in [1.807, 2.05) is 0 Å². The van der Waals surface area contributed by atoms with Gasteiger partial charge in [0.2, 0.25) is 0 Å². The number of hydrogen-bond acceptors (Lipinski definition) is 1.